The second-order valence-electron chi connectivity index (χ2n) is 6.40. The lowest BCUT2D eigenvalue weighted by molar-refractivity contribution is -0.121. The smallest absolute Gasteiger partial charge is 0.339 e. The summed E-state index contributed by atoms with van der Waals surface area (Å²) in [6, 6.07) is 13.7. The number of aryl methyl sites for hydroxylation is 1. The topological polar surface area (TPSA) is 99.8 Å². The van der Waals surface area contributed by atoms with Gasteiger partial charge in [0.15, 0.2) is 0 Å². The van der Waals surface area contributed by atoms with Crippen LogP contribution in [0.5, 0.6) is 5.75 Å². The number of nitrogens with one attached hydrogen (secondary N) is 1. The van der Waals surface area contributed by atoms with Crippen LogP contribution in [0.3, 0.4) is 0 Å². The highest BCUT2D eigenvalue weighted by Gasteiger charge is 2.14. The molecule has 1 amide bonds. The average molecular weight is 367 g/mol. The van der Waals surface area contributed by atoms with Crippen LogP contribution in [0.1, 0.15) is 29.2 Å². The predicted molar refractivity (Wildman–Crippen MR) is 102 cm³/mol. The predicted octanol–water partition coefficient (Wildman–Crippen LogP) is 2.59. The minimum atomic E-state index is -0.782. The summed E-state index contributed by atoms with van der Waals surface area (Å²) >= 11 is 0. The first-order valence-electron chi connectivity index (χ1n) is 8.70. The summed E-state index contributed by atoms with van der Waals surface area (Å²) in [4.78, 5) is 24.3. The molecule has 1 aromatic heterocycles. The van der Waals surface area contributed by atoms with E-state index in [4.69, 9.17) is 4.42 Å². The van der Waals surface area contributed by atoms with Gasteiger partial charge in [0.05, 0.1) is 6.10 Å². The zero-order chi connectivity index (χ0) is 19.4. The highest BCUT2D eigenvalue weighted by Crippen LogP contribution is 2.23. The molecule has 3 rings (SSSR count). The Hall–Kier alpha value is -3.12. The van der Waals surface area contributed by atoms with Gasteiger partial charge < -0.3 is 19.9 Å². The number of phenolic OH excluding ortho intramolecular Hbond substituents is 1. The fourth-order valence-corrected chi connectivity index (χ4v) is 3.00. The van der Waals surface area contributed by atoms with E-state index in [0.29, 0.717) is 11.1 Å². The minimum Gasteiger partial charge on any atom is -0.508 e. The number of aliphatic hydroxyl groups is 1. The maximum Gasteiger partial charge on any atom is 0.339 e. The number of rotatable bonds is 6. The number of benzene rings is 2. The first-order chi connectivity index (χ1) is 13.0. The van der Waals surface area contributed by atoms with Crippen molar-refractivity contribution < 1.29 is 19.4 Å². The number of fused-ring (bicyclic) bond motifs is 1. The lowest BCUT2D eigenvalue weighted by Gasteiger charge is -2.12. The van der Waals surface area contributed by atoms with E-state index >= 15 is 0 Å². The molecule has 0 saturated carbocycles. The number of carbonyl (C=O) groups excluding carboxylic acids is 1. The summed E-state index contributed by atoms with van der Waals surface area (Å²) in [6.07, 6.45) is -0.440. The Labute approximate surface area is 156 Å². The lowest BCUT2D eigenvalue weighted by atomic mass is 10.0. The summed E-state index contributed by atoms with van der Waals surface area (Å²) < 4.78 is 5.26. The molecule has 0 bridgehead atoms. The van der Waals surface area contributed by atoms with Crippen LogP contribution in [0.25, 0.3) is 11.0 Å². The molecule has 6 nitrogen and oxygen atoms in total. The monoisotopic (exact) mass is 367 g/mol. The summed E-state index contributed by atoms with van der Waals surface area (Å²) in [6.45, 7) is 1.90. The van der Waals surface area contributed by atoms with Crippen LogP contribution < -0.4 is 10.9 Å². The Morgan fingerprint density at radius 2 is 1.93 bits per heavy atom. The van der Waals surface area contributed by atoms with Gasteiger partial charge in [0, 0.05) is 30.0 Å². The van der Waals surface area contributed by atoms with Crippen LogP contribution in [0.2, 0.25) is 0 Å². The highest BCUT2D eigenvalue weighted by atomic mass is 16.4. The van der Waals surface area contributed by atoms with Gasteiger partial charge in [-0.25, -0.2) is 4.79 Å². The van der Waals surface area contributed by atoms with Crippen LogP contribution in [-0.4, -0.2) is 22.7 Å². The standard InChI is InChI=1S/C21H21NO5/c1-13-16-8-7-15(23)11-19(16)27-21(26)17(13)9-10-20(25)22-12-18(24)14-5-3-2-4-6-14/h2-8,11,18,23-24H,9-10,12H2,1H3,(H,22,25)/t18-/m0/s1. The SMILES string of the molecule is Cc1c(CCC(=O)NC[C@H](O)c2ccccc2)c(=O)oc2cc(O)ccc12. The Morgan fingerprint density at radius 1 is 1.19 bits per heavy atom. The van der Waals surface area contributed by atoms with Crippen molar-refractivity contribution in [1.82, 2.24) is 5.32 Å². The van der Waals surface area contributed by atoms with E-state index in [2.05, 4.69) is 5.32 Å². The molecule has 0 fully saturated rings. The normalized spacial score (nSPS) is 12.1. The van der Waals surface area contributed by atoms with Crippen LogP contribution >= 0.6 is 0 Å². The van der Waals surface area contributed by atoms with E-state index in [1.54, 1.807) is 25.1 Å². The Bertz CT molecular complexity index is 1010. The van der Waals surface area contributed by atoms with Crippen LogP contribution in [0.15, 0.2) is 57.7 Å². The zero-order valence-corrected chi connectivity index (χ0v) is 14.9. The summed E-state index contributed by atoms with van der Waals surface area (Å²) in [5.41, 5.74) is 1.71. The summed E-state index contributed by atoms with van der Waals surface area (Å²) in [7, 11) is 0. The van der Waals surface area contributed by atoms with Crippen LogP contribution in [0.4, 0.5) is 0 Å². The van der Waals surface area contributed by atoms with Gasteiger partial charge in [0.2, 0.25) is 5.91 Å². The molecule has 0 aliphatic heterocycles. The fourth-order valence-electron chi connectivity index (χ4n) is 3.00. The number of phenols is 1. The van der Waals surface area contributed by atoms with Crippen LogP contribution in [0, 0.1) is 6.92 Å². The molecule has 3 aromatic rings. The fraction of sp³-hybridized carbons (Fsp3) is 0.238. The van der Waals surface area contributed by atoms with Crippen molar-refractivity contribution in [1.29, 1.82) is 0 Å². The first-order valence-corrected chi connectivity index (χ1v) is 8.70. The van der Waals surface area contributed by atoms with Crippen molar-refractivity contribution in [3.05, 3.63) is 75.6 Å². The van der Waals surface area contributed by atoms with Crippen LogP contribution in [-0.2, 0) is 11.2 Å². The molecule has 2 aromatic carbocycles. The zero-order valence-electron chi connectivity index (χ0n) is 14.9. The largest absolute Gasteiger partial charge is 0.508 e. The van der Waals surface area contributed by atoms with Crippen molar-refractivity contribution in [2.24, 2.45) is 0 Å². The van der Waals surface area contributed by atoms with E-state index in [1.165, 1.54) is 12.1 Å². The van der Waals surface area contributed by atoms with Crippen molar-refractivity contribution in [3.63, 3.8) is 0 Å². The quantitative estimate of drug-likeness (QED) is 0.582. The Balaban J connectivity index is 1.63. The molecule has 6 heteroatoms. The van der Waals surface area contributed by atoms with Gasteiger partial charge in [-0.05, 0) is 36.6 Å². The van der Waals surface area contributed by atoms with Gasteiger partial charge in [0.1, 0.15) is 11.3 Å². The maximum absolute atomic E-state index is 12.2. The molecule has 0 aliphatic carbocycles. The lowest BCUT2D eigenvalue weighted by Crippen LogP contribution is -2.29. The molecule has 1 atom stereocenters. The van der Waals surface area contributed by atoms with E-state index in [1.807, 2.05) is 18.2 Å². The minimum absolute atomic E-state index is 0.0224. The molecule has 0 aliphatic rings. The molecule has 0 spiro atoms. The molecular weight excluding hydrogens is 346 g/mol. The third-order valence-electron chi connectivity index (χ3n) is 4.55. The number of aromatic hydroxyl groups is 1. The van der Waals surface area contributed by atoms with Crippen molar-refractivity contribution in [2.45, 2.75) is 25.9 Å². The third-order valence-corrected chi connectivity index (χ3v) is 4.55. The van der Waals surface area contributed by atoms with E-state index in [9.17, 15) is 19.8 Å². The molecular formula is C21H21NO5. The molecule has 3 N–H and O–H groups in total. The molecule has 27 heavy (non-hydrogen) atoms. The van der Waals surface area contributed by atoms with Gasteiger partial charge in [-0.3, -0.25) is 4.79 Å². The second kappa shape index (κ2) is 8.05. The van der Waals surface area contributed by atoms with Gasteiger partial charge in [-0.2, -0.15) is 0 Å². The van der Waals surface area contributed by atoms with Crippen molar-refractivity contribution >= 4 is 16.9 Å². The Morgan fingerprint density at radius 3 is 2.67 bits per heavy atom. The third kappa shape index (κ3) is 4.35. The molecule has 1 heterocycles. The van der Waals surface area contributed by atoms with Gasteiger partial charge in [0.25, 0.3) is 0 Å². The van der Waals surface area contributed by atoms with E-state index < -0.39 is 11.7 Å². The van der Waals surface area contributed by atoms with Gasteiger partial charge in [-0.1, -0.05) is 30.3 Å². The van der Waals surface area contributed by atoms with E-state index in [0.717, 1.165) is 16.5 Å². The van der Waals surface area contributed by atoms with Crippen molar-refractivity contribution in [3.8, 4) is 5.75 Å². The molecule has 0 saturated heterocycles. The van der Waals surface area contributed by atoms with Gasteiger partial charge >= 0.3 is 5.63 Å². The second-order valence-corrected chi connectivity index (χ2v) is 6.40. The van der Waals surface area contributed by atoms with E-state index in [-0.39, 0.29) is 31.0 Å². The van der Waals surface area contributed by atoms with Crippen molar-refractivity contribution in [2.75, 3.05) is 6.54 Å². The molecule has 140 valence electrons. The summed E-state index contributed by atoms with van der Waals surface area (Å²) in [5, 5.41) is 23.0. The number of aliphatic hydroxyl groups excluding tert-OH is 1. The number of amides is 1. The number of hydrogen-bond acceptors (Lipinski definition) is 5. The molecule has 0 unspecified atom stereocenters. The highest BCUT2D eigenvalue weighted by molar-refractivity contribution is 5.82. The average Bonchev–Trinajstić information content (AvgIpc) is 2.66. The molecule has 0 radical (unpaired) electrons. The first kappa shape index (κ1) is 18.7. The summed E-state index contributed by atoms with van der Waals surface area (Å²) in [5.74, 6) is -0.233. The van der Waals surface area contributed by atoms with Gasteiger partial charge in [-0.15, -0.1) is 0 Å². The number of carbonyl (C=O) groups is 1. The number of hydrogen-bond donors (Lipinski definition) is 3. The maximum atomic E-state index is 12.2. The Kier molecular flexibility index (Phi) is 5.57.